The van der Waals surface area contributed by atoms with Crippen LogP contribution in [0.5, 0.6) is 5.75 Å². The molecule has 34 heavy (non-hydrogen) atoms. The summed E-state index contributed by atoms with van der Waals surface area (Å²) in [6, 6.07) is 16.6. The minimum absolute atomic E-state index is 0. The average molecular weight is 514 g/mol. The Labute approximate surface area is 225 Å². The fraction of sp³-hybridized carbons (Fsp3) is 0.208. The van der Waals surface area contributed by atoms with Crippen molar-refractivity contribution in [1.82, 2.24) is 5.32 Å². The first-order chi connectivity index (χ1) is 15.7. The van der Waals surface area contributed by atoms with Gasteiger partial charge in [0.1, 0.15) is 11.3 Å². The number of hydrogen-bond acceptors (Lipinski definition) is 6. The molecule has 7 nitrogen and oxygen atoms in total. The summed E-state index contributed by atoms with van der Waals surface area (Å²) < 4.78 is 25.6. The van der Waals surface area contributed by atoms with E-state index in [0.29, 0.717) is 24.5 Å². The van der Waals surface area contributed by atoms with Crippen LogP contribution in [0.2, 0.25) is 5.02 Å². The van der Waals surface area contributed by atoms with Crippen LogP contribution in [0, 0.1) is 0 Å². The maximum absolute atomic E-state index is 12.8. The molecule has 176 valence electrons. The molecule has 0 heterocycles. The third kappa shape index (κ3) is 7.29. The number of benzene rings is 3. The number of aliphatic hydroxyl groups excluding tert-OH is 1. The number of halogens is 1. The predicted octanol–water partition coefficient (Wildman–Crippen LogP) is 3.18. The van der Waals surface area contributed by atoms with Gasteiger partial charge in [-0.25, -0.2) is 13.2 Å². The van der Waals surface area contributed by atoms with Gasteiger partial charge in [-0.1, -0.05) is 35.9 Å². The fourth-order valence-electron chi connectivity index (χ4n) is 3.31. The quantitative estimate of drug-likeness (QED) is 0.242. The first-order valence-electron chi connectivity index (χ1n) is 10.2. The number of hydrogen-bond donors (Lipinski definition) is 4. The van der Waals surface area contributed by atoms with Crippen molar-refractivity contribution in [2.75, 3.05) is 13.1 Å². The first kappa shape index (κ1) is 28.3. The Morgan fingerprint density at radius 2 is 1.68 bits per heavy atom. The van der Waals surface area contributed by atoms with Crippen LogP contribution in [-0.4, -0.2) is 72.4 Å². The molecule has 0 aromatic heterocycles. The Kier molecular flexibility index (Phi) is 10.6. The van der Waals surface area contributed by atoms with Crippen LogP contribution in [0.25, 0.3) is 0 Å². The number of sulfone groups is 1. The van der Waals surface area contributed by atoms with E-state index in [4.69, 9.17) is 16.7 Å². The maximum atomic E-state index is 12.8. The molecule has 0 aliphatic carbocycles. The first-order valence-corrected chi connectivity index (χ1v) is 12.1. The number of rotatable bonds is 10. The van der Waals surface area contributed by atoms with Crippen LogP contribution in [0.3, 0.4) is 0 Å². The molecule has 3 aromatic rings. The van der Waals surface area contributed by atoms with E-state index in [0.717, 1.165) is 29.7 Å². The number of aryl methyl sites for hydroxylation is 1. The fourth-order valence-corrected chi connectivity index (χ4v) is 4.80. The van der Waals surface area contributed by atoms with Gasteiger partial charge in [-0.2, -0.15) is 0 Å². The molecule has 0 unspecified atom stereocenters. The van der Waals surface area contributed by atoms with E-state index in [2.05, 4.69) is 5.32 Å². The van der Waals surface area contributed by atoms with Crippen LogP contribution in [0.1, 0.15) is 34.0 Å². The van der Waals surface area contributed by atoms with E-state index in [9.17, 15) is 23.4 Å². The second kappa shape index (κ2) is 12.7. The third-order valence-corrected chi connectivity index (χ3v) is 7.13. The van der Waals surface area contributed by atoms with Gasteiger partial charge < -0.3 is 20.6 Å². The van der Waals surface area contributed by atoms with Crippen molar-refractivity contribution >= 4 is 57.0 Å². The van der Waals surface area contributed by atoms with Crippen molar-refractivity contribution in [2.24, 2.45) is 0 Å². The number of carboxylic acid groups (broad SMARTS) is 1. The molecule has 0 aliphatic heterocycles. The standard InChI is InChI=1S/C24H24ClNO6S.Na.H/c25-18-5-1-4-17(13-18)23(28)15-26-12-2-3-16-6-8-19(9-7-16)33(31,32)20-10-11-22(27)21(14-20)24(29)30;;/h1,4-11,13-14,23,26-28H,2-3,12,15H2,(H,29,30);;/t23-;;/m1../s1. The summed E-state index contributed by atoms with van der Waals surface area (Å²) in [5.74, 6) is -1.90. The van der Waals surface area contributed by atoms with Crippen molar-refractivity contribution in [3.05, 3.63) is 88.4 Å². The van der Waals surface area contributed by atoms with Crippen molar-refractivity contribution in [1.29, 1.82) is 0 Å². The average Bonchev–Trinajstić information content (AvgIpc) is 2.79. The summed E-state index contributed by atoms with van der Waals surface area (Å²) in [4.78, 5) is 11.0. The molecule has 0 bridgehead atoms. The van der Waals surface area contributed by atoms with Crippen molar-refractivity contribution in [3.63, 3.8) is 0 Å². The van der Waals surface area contributed by atoms with E-state index in [1.165, 1.54) is 18.2 Å². The summed E-state index contributed by atoms with van der Waals surface area (Å²) in [6.45, 7) is 1.06. The number of aromatic carboxylic acids is 1. The number of aliphatic hydroxyl groups is 1. The molecule has 0 saturated carbocycles. The van der Waals surface area contributed by atoms with Gasteiger partial charge in [-0.3, -0.25) is 0 Å². The van der Waals surface area contributed by atoms with Crippen LogP contribution in [-0.2, 0) is 16.3 Å². The van der Waals surface area contributed by atoms with E-state index < -0.39 is 33.2 Å². The molecule has 3 rings (SSSR count). The number of carboxylic acids is 1. The molecule has 0 radical (unpaired) electrons. The SMILES string of the molecule is O=C(O)c1cc(S(=O)(=O)c2ccc(CCCNC[C@@H](O)c3cccc(Cl)c3)cc2)ccc1O.[NaH]. The molecule has 1 atom stereocenters. The zero-order valence-electron chi connectivity index (χ0n) is 17.6. The van der Waals surface area contributed by atoms with Gasteiger partial charge >= 0.3 is 35.5 Å². The van der Waals surface area contributed by atoms with Crippen molar-refractivity contribution in [3.8, 4) is 5.75 Å². The topological polar surface area (TPSA) is 124 Å². The van der Waals surface area contributed by atoms with Crippen LogP contribution >= 0.6 is 11.6 Å². The van der Waals surface area contributed by atoms with Gasteiger partial charge in [0.05, 0.1) is 15.9 Å². The predicted molar refractivity (Wildman–Crippen MR) is 132 cm³/mol. The monoisotopic (exact) mass is 513 g/mol. The molecule has 3 aromatic carbocycles. The van der Waals surface area contributed by atoms with Crippen molar-refractivity contribution < 1.29 is 28.5 Å². The summed E-state index contributed by atoms with van der Waals surface area (Å²) in [6.07, 6.45) is 0.840. The van der Waals surface area contributed by atoms with E-state index in [-0.39, 0.29) is 39.3 Å². The zero-order chi connectivity index (χ0) is 24.0. The minimum atomic E-state index is -3.92. The van der Waals surface area contributed by atoms with E-state index in [1.807, 2.05) is 6.07 Å². The molecular formula is C24H25ClNNaO6S. The van der Waals surface area contributed by atoms with Crippen LogP contribution < -0.4 is 5.32 Å². The van der Waals surface area contributed by atoms with Gasteiger partial charge in [-0.15, -0.1) is 0 Å². The molecule has 10 heteroatoms. The zero-order valence-corrected chi connectivity index (χ0v) is 19.2. The molecule has 0 spiro atoms. The summed E-state index contributed by atoms with van der Waals surface area (Å²) in [5.41, 5.74) is 1.22. The molecule has 4 N–H and O–H groups in total. The second-order valence-electron chi connectivity index (χ2n) is 7.51. The van der Waals surface area contributed by atoms with Crippen LogP contribution in [0.4, 0.5) is 0 Å². The molecule has 0 fully saturated rings. The van der Waals surface area contributed by atoms with Gasteiger partial charge in [0.2, 0.25) is 9.84 Å². The Balaban J connectivity index is 0.00000408. The van der Waals surface area contributed by atoms with Gasteiger partial charge in [0.15, 0.2) is 0 Å². The van der Waals surface area contributed by atoms with Crippen LogP contribution in [0.15, 0.2) is 76.5 Å². The Morgan fingerprint density at radius 3 is 2.32 bits per heavy atom. The normalized spacial score (nSPS) is 12.1. The summed E-state index contributed by atoms with van der Waals surface area (Å²) in [5, 5.41) is 32.7. The molecule has 0 saturated heterocycles. The van der Waals surface area contributed by atoms with Crippen molar-refractivity contribution in [2.45, 2.75) is 28.7 Å². The summed E-state index contributed by atoms with van der Waals surface area (Å²) >= 11 is 5.94. The Hall–Kier alpha value is -1.91. The van der Waals surface area contributed by atoms with Gasteiger partial charge in [0.25, 0.3) is 0 Å². The van der Waals surface area contributed by atoms with E-state index in [1.54, 1.807) is 30.3 Å². The summed E-state index contributed by atoms with van der Waals surface area (Å²) in [7, 11) is -3.92. The number of nitrogens with one attached hydrogen (secondary N) is 1. The number of carbonyl (C=O) groups is 1. The second-order valence-corrected chi connectivity index (χ2v) is 9.90. The third-order valence-electron chi connectivity index (χ3n) is 5.13. The van der Waals surface area contributed by atoms with Gasteiger partial charge in [-0.05, 0) is 73.0 Å². The van der Waals surface area contributed by atoms with Gasteiger partial charge in [0, 0.05) is 11.6 Å². The Morgan fingerprint density at radius 1 is 1.00 bits per heavy atom. The Bertz CT molecular complexity index is 1230. The molecular weight excluding hydrogens is 489 g/mol. The molecule has 0 aliphatic rings. The number of phenols is 1. The van der Waals surface area contributed by atoms with E-state index >= 15 is 0 Å². The molecule has 0 amide bonds. The number of aromatic hydroxyl groups is 1.